The third kappa shape index (κ3) is 5.21. The average molecular weight is 304 g/mol. The van der Waals surface area contributed by atoms with Gasteiger partial charge in [-0.3, -0.25) is 4.79 Å². The van der Waals surface area contributed by atoms with Gasteiger partial charge in [0.05, 0.1) is 0 Å². The normalized spacial score (nSPS) is 11.9. The summed E-state index contributed by atoms with van der Waals surface area (Å²) in [4.78, 5) is 11.8. The number of benzene rings is 2. The molecule has 0 spiro atoms. The van der Waals surface area contributed by atoms with Crippen molar-refractivity contribution in [2.45, 2.75) is 19.5 Å². The Morgan fingerprint density at radius 3 is 2.48 bits per heavy atom. The molecule has 3 N–H and O–H groups in total. The van der Waals surface area contributed by atoms with E-state index in [-0.39, 0.29) is 11.9 Å². The van der Waals surface area contributed by atoms with Gasteiger partial charge in [-0.15, -0.1) is 0 Å². The summed E-state index contributed by atoms with van der Waals surface area (Å²) in [6, 6.07) is 17.9. The summed E-state index contributed by atoms with van der Waals surface area (Å²) in [5.74, 6) is 0.0414. The highest BCUT2D eigenvalue weighted by Gasteiger charge is 2.11. The molecule has 0 aliphatic heterocycles. The van der Waals surface area contributed by atoms with Crippen LogP contribution >= 0.6 is 11.6 Å². The van der Waals surface area contributed by atoms with Crippen LogP contribution in [0.5, 0.6) is 0 Å². The van der Waals surface area contributed by atoms with Crippen LogP contribution in [0, 0.1) is 0 Å². The van der Waals surface area contributed by atoms with E-state index in [4.69, 9.17) is 11.6 Å². The first-order chi connectivity index (χ1) is 10.1. The van der Waals surface area contributed by atoms with Crippen LogP contribution in [-0.2, 0) is 11.3 Å². The smallest absolute Gasteiger partial charge is 0.275 e. The van der Waals surface area contributed by atoms with Crippen LogP contribution in [0.25, 0.3) is 0 Å². The minimum atomic E-state index is 0.0414. The summed E-state index contributed by atoms with van der Waals surface area (Å²) in [6.45, 7) is 3.06. The van der Waals surface area contributed by atoms with Gasteiger partial charge in [0, 0.05) is 17.1 Å². The van der Waals surface area contributed by atoms with Crippen LogP contribution < -0.4 is 10.6 Å². The number of nitrogens with two attached hydrogens (primary N) is 1. The molecular weight excluding hydrogens is 284 g/mol. The first-order valence-corrected chi connectivity index (χ1v) is 7.42. The summed E-state index contributed by atoms with van der Waals surface area (Å²) < 4.78 is 0. The zero-order valence-corrected chi connectivity index (χ0v) is 12.8. The summed E-state index contributed by atoms with van der Waals surface area (Å²) in [6.07, 6.45) is 0. The number of hydrogen-bond donors (Lipinski definition) is 2. The van der Waals surface area contributed by atoms with Crippen molar-refractivity contribution < 1.29 is 10.1 Å². The first kappa shape index (κ1) is 15.5. The predicted molar refractivity (Wildman–Crippen MR) is 84.9 cm³/mol. The molecule has 0 bridgehead atoms. The Labute approximate surface area is 130 Å². The van der Waals surface area contributed by atoms with Crippen molar-refractivity contribution in [3.05, 3.63) is 70.7 Å². The van der Waals surface area contributed by atoms with Crippen molar-refractivity contribution in [2.75, 3.05) is 6.54 Å². The van der Waals surface area contributed by atoms with E-state index >= 15 is 0 Å². The maximum absolute atomic E-state index is 11.8. The van der Waals surface area contributed by atoms with Crippen molar-refractivity contribution in [3.63, 3.8) is 0 Å². The van der Waals surface area contributed by atoms with E-state index in [9.17, 15) is 4.79 Å². The molecule has 2 rings (SSSR count). The van der Waals surface area contributed by atoms with Crippen LogP contribution in [0.3, 0.4) is 0 Å². The SMILES string of the molecule is C[C@@H]([NH2+]CC(=O)NCc1ccccc1)c1ccc(Cl)cc1. The molecule has 3 nitrogen and oxygen atoms in total. The molecule has 0 heterocycles. The van der Waals surface area contributed by atoms with Gasteiger partial charge in [-0.05, 0) is 24.6 Å². The molecular formula is C17H20ClN2O+. The minimum absolute atomic E-state index is 0.0414. The number of halogens is 1. The summed E-state index contributed by atoms with van der Waals surface area (Å²) >= 11 is 5.87. The van der Waals surface area contributed by atoms with Crippen LogP contribution in [0.1, 0.15) is 24.1 Å². The first-order valence-electron chi connectivity index (χ1n) is 7.04. The molecule has 0 radical (unpaired) electrons. The van der Waals surface area contributed by atoms with Crippen molar-refractivity contribution >= 4 is 17.5 Å². The van der Waals surface area contributed by atoms with Gasteiger partial charge in [0.2, 0.25) is 0 Å². The number of carbonyl (C=O) groups excluding carboxylic acids is 1. The monoisotopic (exact) mass is 303 g/mol. The Balaban J connectivity index is 1.74. The lowest BCUT2D eigenvalue weighted by molar-refractivity contribution is -0.682. The lowest BCUT2D eigenvalue weighted by Crippen LogP contribution is -2.87. The number of quaternary nitrogens is 1. The second kappa shape index (κ2) is 7.81. The maximum Gasteiger partial charge on any atom is 0.275 e. The highest BCUT2D eigenvalue weighted by Crippen LogP contribution is 2.13. The maximum atomic E-state index is 11.8. The van der Waals surface area contributed by atoms with Gasteiger partial charge in [0.15, 0.2) is 6.54 Å². The number of hydrogen-bond acceptors (Lipinski definition) is 1. The molecule has 1 atom stereocenters. The minimum Gasteiger partial charge on any atom is -0.347 e. The van der Waals surface area contributed by atoms with E-state index in [1.165, 1.54) is 0 Å². The van der Waals surface area contributed by atoms with Gasteiger partial charge in [0.1, 0.15) is 6.04 Å². The Hall–Kier alpha value is -1.84. The standard InChI is InChI=1S/C17H19ClN2O/c1-13(15-7-9-16(18)10-8-15)19-12-17(21)20-11-14-5-3-2-4-6-14/h2-10,13,19H,11-12H2,1H3,(H,20,21)/p+1/t13-/m1/s1. The molecule has 0 aliphatic rings. The molecule has 21 heavy (non-hydrogen) atoms. The fraction of sp³-hybridized carbons (Fsp3) is 0.235. The lowest BCUT2D eigenvalue weighted by Gasteiger charge is -2.11. The van der Waals surface area contributed by atoms with Crippen molar-refractivity contribution in [3.8, 4) is 0 Å². The van der Waals surface area contributed by atoms with Gasteiger partial charge < -0.3 is 10.6 Å². The molecule has 1 amide bonds. The van der Waals surface area contributed by atoms with E-state index < -0.39 is 0 Å². The van der Waals surface area contributed by atoms with Gasteiger partial charge in [0.25, 0.3) is 5.91 Å². The fourth-order valence-electron chi connectivity index (χ4n) is 2.05. The van der Waals surface area contributed by atoms with E-state index in [0.717, 1.165) is 16.1 Å². The Morgan fingerprint density at radius 2 is 1.81 bits per heavy atom. The number of rotatable bonds is 6. The van der Waals surface area contributed by atoms with Crippen LogP contribution in [0.2, 0.25) is 5.02 Å². The topological polar surface area (TPSA) is 45.7 Å². The molecule has 0 unspecified atom stereocenters. The third-order valence-corrected chi connectivity index (χ3v) is 3.64. The molecule has 0 fully saturated rings. The van der Waals surface area contributed by atoms with E-state index in [1.807, 2.05) is 59.9 Å². The molecule has 0 aliphatic carbocycles. The van der Waals surface area contributed by atoms with E-state index in [1.54, 1.807) is 0 Å². The quantitative estimate of drug-likeness (QED) is 0.845. The van der Waals surface area contributed by atoms with Gasteiger partial charge in [-0.25, -0.2) is 0 Å². The zero-order valence-electron chi connectivity index (χ0n) is 12.1. The van der Waals surface area contributed by atoms with Crippen LogP contribution in [0.4, 0.5) is 0 Å². The van der Waals surface area contributed by atoms with Gasteiger partial charge in [-0.2, -0.15) is 0 Å². The van der Waals surface area contributed by atoms with E-state index in [2.05, 4.69) is 12.2 Å². The largest absolute Gasteiger partial charge is 0.347 e. The van der Waals surface area contributed by atoms with E-state index in [0.29, 0.717) is 13.1 Å². The molecule has 0 aromatic heterocycles. The molecule has 110 valence electrons. The van der Waals surface area contributed by atoms with Gasteiger partial charge in [-0.1, -0.05) is 54.1 Å². The Morgan fingerprint density at radius 1 is 1.14 bits per heavy atom. The van der Waals surface area contributed by atoms with Crippen LogP contribution in [0.15, 0.2) is 54.6 Å². The van der Waals surface area contributed by atoms with Gasteiger partial charge >= 0.3 is 0 Å². The summed E-state index contributed by atoms with van der Waals surface area (Å²) in [7, 11) is 0. The highest BCUT2D eigenvalue weighted by atomic mass is 35.5. The predicted octanol–water partition coefficient (Wildman–Crippen LogP) is 2.28. The Kier molecular flexibility index (Phi) is 5.78. The van der Waals surface area contributed by atoms with Crippen molar-refractivity contribution in [2.24, 2.45) is 0 Å². The second-order valence-electron chi connectivity index (χ2n) is 5.04. The molecule has 0 saturated heterocycles. The lowest BCUT2D eigenvalue weighted by atomic mass is 10.1. The van der Waals surface area contributed by atoms with Crippen molar-refractivity contribution in [1.82, 2.24) is 5.32 Å². The molecule has 2 aromatic rings. The molecule has 0 saturated carbocycles. The number of nitrogens with one attached hydrogen (secondary N) is 1. The highest BCUT2D eigenvalue weighted by molar-refractivity contribution is 6.30. The second-order valence-corrected chi connectivity index (χ2v) is 5.48. The average Bonchev–Trinajstić information content (AvgIpc) is 2.52. The molecule has 4 heteroatoms. The van der Waals surface area contributed by atoms with Crippen LogP contribution in [-0.4, -0.2) is 12.5 Å². The number of carbonyl (C=O) groups is 1. The summed E-state index contributed by atoms with van der Waals surface area (Å²) in [5.41, 5.74) is 2.27. The Bertz CT molecular complexity index is 569. The summed E-state index contributed by atoms with van der Waals surface area (Å²) in [5, 5.41) is 5.67. The molecule has 2 aromatic carbocycles. The third-order valence-electron chi connectivity index (χ3n) is 3.39. The fourth-order valence-corrected chi connectivity index (χ4v) is 2.18. The number of amides is 1. The van der Waals surface area contributed by atoms with Crippen molar-refractivity contribution in [1.29, 1.82) is 0 Å². The zero-order chi connectivity index (χ0) is 15.1.